The summed E-state index contributed by atoms with van der Waals surface area (Å²) in [5, 5.41) is 3.40. The van der Waals surface area contributed by atoms with Crippen molar-refractivity contribution < 1.29 is 0 Å². The van der Waals surface area contributed by atoms with Crippen LogP contribution in [-0.4, -0.2) is 6.54 Å². The number of nitrogens with one attached hydrogen (secondary N) is 1. The van der Waals surface area contributed by atoms with Gasteiger partial charge in [-0.1, -0.05) is 20.4 Å². The maximum Gasteiger partial charge on any atom is 0.0328 e. The molecule has 1 heteroatoms. The highest BCUT2D eigenvalue weighted by atomic mass is 14.9. The zero-order valence-corrected chi connectivity index (χ0v) is 8.19. The molecule has 0 aromatic heterocycles. The van der Waals surface area contributed by atoms with Gasteiger partial charge in [-0.05, 0) is 36.8 Å². The SMILES string of the molecule is C=CC1=C(C(C)CC)CCCN1. The van der Waals surface area contributed by atoms with E-state index in [0.29, 0.717) is 5.92 Å². The highest BCUT2D eigenvalue weighted by Crippen LogP contribution is 2.25. The molecule has 0 fully saturated rings. The second-order valence-electron chi connectivity index (χ2n) is 3.48. The molecule has 1 aliphatic rings. The molecule has 0 radical (unpaired) electrons. The van der Waals surface area contributed by atoms with Gasteiger partial charge in [-0.15, -0.1) is 0 Å². The highest BCUT2D eigenvalue weighted by Gasteiger charge is 2.14. The van der Waals surface area contributed by atoms with E-state index in [2.05, 4.69) is 25.7 Å². The van der Waals surface area contributed by atoms with Gasteiger partial charge in [0.05, 0.1) is 0 Å². The Kier molecular flexibility index (Phi) is 3.39. The molecule has 1 heterocycles. The number of hydrogen-bond acceptors (Lipinski definition) is 1. The summed E-state index contributed by atoms with van der Waals surface area (Å²) >= 11 is 0. The summed E-state index contributed by atoms with van der Waals surface area (Å²) in [6.07, 6.45) is 5.72. The lowest BCUT2D eigenvalue weighted by atomic mass is 9.90. The molecule has 1 unspecified atom stereocenters. The monoisotopic (exact) mass is 165 g/mol. The van der Waals surface area contributed by atoms with Gasteiger partial charge < -0.3 is 5.32 Å². The van der Waals surface area contributed by atoms with Crippen LogP contribution in [-0.2, 0) is 0 Å². The molecule has 0 bridgehead atoms. The largest absolute Gasteiger partial charge is 0.385 e. The molecule has 1 aliphatic heterocycles. The van der Waals surface area contributed by atoms with E-state index in [1.54, 1.807) is 5.57 Å². The lowest BCUT2D eigenvalue weighted by molar-refractivity contribution is 0.559. The smallest absolute Gasteiger partial charge is 0.0328 e. The number of allylic oxidation sites excluding steroid dienone is 2. The Labute approximate surface area is 75.6 Å². The third kappa shape index (κ3) is 1.90. The predicted molar refractivity (Wildman–Crippen MR) is 53.9 cm³/mol. The predicted octanol–water partition coefficient (Wildman–Crippen LogP) is 2.86. The Bertz CT molecular complexity index is 191. The number of hydrogen-bond donors (Lipinski definition) is 1. The van der Waals surface area contributed by atoms with Gasteiger partial charge in [-0.25, -0.2) is 0 Å². The normalized spacial score (nSPS) is 20.2. The molecular formula is C11H19N. The van der Waals surface area contributed by atoms with Gasteiger partial charge in [0.25, 0.3) is 0 Å². The Morgan fingerprint density at radius 2 is 2.42 bits per heavy atom. The molecule has 1 N–H and O–H groups in total. The van der Waals surface area contributed by atoms with Gasteiger partial charge in [0.1, 0.15) is 0 Å². The molecule has 68 valence electrons. The van der Waals surface area contributed by atoms with Crippen LogP contribution >= 0.6 is 0 Å². The summed E-state index contributed by atoms with van der Waals surface area (Å²) in [6, 6.07) is 0. The van der Waals surface area contributed by atoms with Crippen LogP contribution in [0, 0.1) is 5.92 Å². The minimum Gasteiger partial charge on any atom is -0.385 e. The van der Waals surface area contributed by atoms with Crippen molar-refractivity contribution in [3.05, 3.63) is 23.9 Å². The molecule has 1 nitrogen and oxygen atoms in total. The maximum atomic E-state index is 3.83. The van der Waals surface area contributed by atoms with Crippen molar-refractivity contribution in [2.45, 2.75) is 33.1 Å². The first-order valence-electron chi connectivity index (χ1n) is 4.89. The second-order valence-corrected chi connectivity index (χ2v) is 3.48. The van der Waals surface area contributed by atoms with E-state index in [-0.39, 0.29) is 0 Å². The molecule has 0 spiro atoms. The fourth-order valence-electron chi connectivity index (χ4n) is 1.71. The fourth-order valence-corrected chi connectivity index (χ4v) is 1.71. The average molecular weight is 165 g/mol. The Balaban J connectivity index is 2.79. The summed E-state index contributed by atoms with van der Waals surface area (Å²) in [4.78, 5) is 0. The van der Waals surface area contributed by atoms with Crippen LogP contribution in [0.25, 0.3) is 0 Å². The van der Waals surface area contributed by atoms with E-state index in [9.17, 15) is 0 Å². The first kappa shape index (κ1) is 9.37. The van der Waals surface area contributed by atoms with Gasteiger partial charge >= 0.3 is 0 Å². The van der Waals surface area contributed by atoms with E-state index < -0.39 is 0 Å². The van der Waals surface area contributed by atoms with Gasteiger partial charge in [-0.2, -0.15) is 0 Å². The zero-order chi connectivity index (χ0) is 8.97. The molecular weight excluding hydrogens is 146 g/mol. The van der Waals surface area contributed by atoms with Crippen LogP contribution in [0.5, 0.6) is 0 Å². The summed E-state index contributed by atoms with van der Waals surface area (Å²) in [6.45, 7) is 9.48. The quantitative estimate of drug-likeness (QED) is 0.678. The maximum absolute atomic E-state index is 3.83. The van der Waals surface area contributed by atoms with Crippen LogP contribution in [0.15, 0.2) is 23.9 Å². The highest BCUT2D eigenvalue weighted by molar-refractivity contribution is 5.26. The van der Waals surface area contributed by atoms with Gasteiger partial charge in [0.2, 0.25) is 0 Å². The van der Waals surface area contributed by atoms with Crippen molar-refractivity contribution in [2.24, 2.45) is 5.92 Å². The molecule has 1 atom stereocenters. The lowest BCUT2D eigenvalue weighted by Crippen LogP contribution is -2.22. The average Bonchev–Trinajstić information content (AvgIpc) is 2.16. The Morgan fingerprint density at radius 1 is 1.67 bits per heavy atom. The Hall–Kier alpha value is -0.720. The summed E-state index contributed by atoms with van der Waals surface area (Å²) in [7, 11) is 0. The first-order chi connectivity index (χ1) is 5.79. The summed E-state index contributed by atoms with van der Waals surface area (Å²) < 4.78 is 0. The minimum atomic E-state index is 0.714. The number of rotatable bonds is 3. The topological polar surface area (TPSA) is 12.0 Å². The molecule has 0 saturated heterocycles. The van der Waals surface area contributed by atoms with Crippen LogP contribution in [0.3, 0.4) is 0 Å². The summed E-state index contributed by atoms with van der Waals surface area (Å²) in [5.74, 6) is 0.714. The van der Waals surface area contributed by atoms with Crippen molar-refractivity contribution in [1.29, 1.82) is 0 Å². The molecule has 0 aromatic rings. The lowest BCUT2D eigenvalue weighted by Gasteiger charge is -2.24. The van der Waals surface area contributed by atoms with Crippen molar-refractivity contribution in [1.82, 2.24) is 5.32 Å². The van der Waals surface area contributed by atoms with E-state index >= 15 is 0 Å². The van der Waals surface area contributed by atoms with E-state index in [4.69, 9.17) is 0 Å². The van der Waals surface area contributed by atoms with E-state index in [1.165, 1.54) is 25.0 Å². The van der Waals surface area contributed by atoms with Crippen molar-refractivity contribution in [3.8, 4) is 0 Å². The fraction of sp³-hybridized carbons (Fsp3) is 0.636. The van der Waals surface area contributed by atoms with Crippen molar-refractivity contribution in [3.63, 3.8) is 0 Å². The van der Waals surface area contributed by atoms with Gasteiger partial charge in [0.15, 0.2) is 0 Å². The molecule has 12 heavy (non-hydrogen) atoms. The molecule has 1 rings (SSSR count). The van der Waals surface area contributed by atoms with Gasteiger partial charge in [0, 0.05) is 12.2 Å². The molecule has 0 aliphatic carbocycles. The summed E-state index contributed by atoms with van der Waals surface area (Å²) in [5.41, 5.74) is 2.86. The van der Waals surface area contributed by atoms with E-state index in [1.807, 2.05) is 6.08 Å². The first-order valence-corrected chi connectivity index (χ1v) is 4.89. The van der Waals surface area contributed by atoms with E-state index in [0.717, 1.165) is 6.54 Å². The van der Waals surface area contributed by atoms with Gasteiger partial charge in [-0.3, -0.25) is 0 Å². The van der Waals surface area contributed by atoms with Crippen LogP contribution in [0.4, 0.5) is 0 Å². The molecule has 0 saturated carbocycles. The Morgan fingerprint density at radius 3 is 3.00 bits per heavy atom. The van der Waals surface area contributed by atoms with Crippen molar-refractivity contribution in [2.75, 3.05) is 6.54 Å². The second kappa shape index (κ2) is 4.34. The minimum absolute atomic E-state index is 0.714. The standard InChI is InChI=1S/C11H19N/c1-4-9(3)10-7-6-8-12-11(10)5-2/h5,9,12H,2,4,6-8H2,1,3H3. The third-order valence-corrected chi connectivity index (χ3v) is 2.70. The zero-order valence-electron chi connectivity index (χ0n) is 8.19. The van der Waals surface area contributed by atoms with Crippen LogP contribution in [0.2, 0.25) is 0 Å². The molecule has 0 aromatic carbocycles. The van der Waals surface area contributed by atoms with Crippen LogP contribution in [0.1, 0.15) is 33.1 Å². The van der Waals surface area contributed by atoms with Crippen LogP contribution < -0.4 is 5.32 Å². The molecule has 0 amide bonds. The van der Waals surface area contributed by atoms with Crippen molar-refractivity contribution >= 4 is 0 Å². The third-order valence-electron chi connectivity index (χ3n) is 2.70.